The molecule has 1 nitrogen and oxygen atoms in total. The Balaban J connectivity index is 2.71. The number of carbonyl (C=O) groups excluding carboxylic acids is 1. The zero-order valence-corrected chi connectivity index (χ0v) is 9.79. The van der Waals surface area contributed by atoms with Crippen molar-refractivity contribution in [2.75, 3.05) is 0 Å². The minimum atomic E-state index is 0.138. The molecule has 0 aliphatic heterocycles. The molecular weight excluding hydrogens is 196 g/mol. The molecule has 0 saturated carbocycles. The van der Waals surface area contributed by atoms with Crippen molar-refractivity contribution in [2.45, 2.75) is 26.7 Å². The summed E-state index contributed by atoms with van der Waals surface area (Å²) < 4.78 is 0. The van der Waals surface area contributed by atoms with Crippen LogP contribution in [0.5, 0.6) is 0 Å². The van der Waals surface area contributed by atoms with Crippen LogP contribution in [0.4, 0.5) is 0 Å². The number of fused-ring (bicyclic) bond motifs is 1. The Kier molecular flexibility index (Phi) is 3.04. The average Bonchev–Trinajstić information content (AvgIpc) is 2.29. The molecule has 0 amide bonds. The van der Waals surface area contributed by atoms with Gasteiger partial charge in [-0.05, 0) is 29.7 Å². The van der Waals surface area contributed by atoms with E-state index in [4.69, 9.17) is 0 Å². The molecule has 0 spiro atoms. The number of ketones is 1. The van der Waals surface area contributed by atoms with E-state index < -0.39 is 0 Å². The lowest BCUT2D eigenvalue weighted by Crippen LogP contribution is -1.95. The fourth-order valence-electron chi connectivity index (χ4n) is 2.17. The summed E-state index contributed by atoms with van der Waals surface area (Å²) in [7, 11) is 0. The van der Waals surface area contributed by atoms with Gasteiger partial charge < -0.3 is 0 Å². The summed E-state index contributed by atoms with van der Waals surface area (Å²) in [5.41, 5.74) is 2.17. The van der Waals surface area contributed by atoms with Gasteiger partial charge in [-0.2, -0.15) is 0 Å². The fourth-order valence-corrected chi connectivity index (χ4v) is 2.17. The zero-order chi connectivity index (χ0) is 11.5. The van der Waals surface area contributed by atoms with E-state index in [-0.39, 0.29) is 5.78 Å². The molecule has 0 atom stereocenters. The van der Waals surface area contributed by atoms with E-state index in [1.54, 1.807) is 6.92 Å². The molecule has 0 saturated heterocycles. The standard InChI is InChI=1S/C15H16O/c1-3-6-12-7-4-10-15-13(11(2)16)8-5-9-14(12)15/h4-5,7-10H,3,6H2,1-2H3. The van der Waals surface area contributed by atoms with E-state index in [0.29, 0.717) is 0 Å². The predicted molar refractivity (Wildman–Crippen MR) is 67.9 cm³/mol. The van der Waals surface area contributed by atoms with E-state index in [2.05, 4.69) is 19.1 Å². The van der Waals surface area contributed by atoms with E-state index >= 15 is 0 Å². The first-order valence-corrected chi connectivity index (χ1v) is 5.75. The number of rotatable bonds is 3. The molecule has 1 heteroatoms. The monoisotopic (exact) mass is 212 g/mol. The van der Waals surface area contributed by atoms with Crippen LogP contribution >= 0.6 is 0 Å². The summed E-state index contributed by atoms with van der Waals surface area (Å²) in [6, 6.07) is 12.2. The molecule has 82 valence electrons. The summed E-state index contributed by atoms with van der Waals surface area (Å²) in [6.45, 7) is 3.80. The second kappa shape index (κ2) is 4.48. The fraction of sp³-hybridized carbons (Fsp3) is 0.267. The normalized spacial score (nSPS) is 10.6. The lowest BCUT2D eigenvalue weighted by atomic mass is 9.96. The maximum absolute atomic E-state index is 11.5. The smallest absolute Gasteiger partial charge is 0.160 e. The lowest BCUT2D eigenvalue weighted by molar-refractivity contribution is 0.101. The van der Waals surface area contributed by atoms with Crippen LogP contribution in [0.25, 0.3) is 10.8 Å². The van der Waals surface area contributed by atoms with Crippen molar-refractivity contribution >= 4 is 16.6 Å². The lowest BCUT2D eigenvalue weighted by Gasteiger charge is -2.08. The van der Waals surface area contributed by atoms with Gasteiger partial charge in [0.2, 0.25) is 0 Å². The van der Waals surface area contributed by atoms with Gasteiger partial charge in [0.1, 0.15) is 0 Å². The molecule has 0 aromatic heterocycles. The number of hydrogen-bond acceptors (Lipinski definition) is 1. The van der Waals surface area contributed by atoms with Gasteiger partial charge in [0.25, 0.3) is 0 Å². The Morgan fingerprint density at radius 1 is 1.06 bits per heavy atom. The van der Waals surface area contributed by atoms with Crippen LogP contribution in [0.15, 0.2) is 36.4 Å². The molecule has 0 bridgehead atoms. The van der Waals surface area contributed by atoms with Gasteiger partial charge in [0.05, 0.1) is 0 Å². The third kappa shape index (κ3) is 1.85. The van der Waals surface area contributed by atoms with Crippen molar-refractivity contribution in [2.24, 2.45) is 0 Å². The highest BCUT2D eigenvalue weighted by molar-refractivity contribution is 6.07. The highest BCUT2D eigenvalue weighted by Gasteiger charge is 2.06. The maximum atomic E-state index is 11.5. The first-order valence-electron chi connectivity index (χ1n) is 5.75. The van der Waals surface area contributed by atoms with Gasteiger partial charge in [-0.25, -0.2) is 0 Å². The van der Waals surface area contributed by atoms with Crippen LogP contribution in [0.3, 0.4) is 0 Å². The van der Waals surface area contributed by atoms with Crippen molar-refractivity contribution in [3.63, 3.8) is 0 Å². The van der Waals surface area contributed by atoms with Crippen LogP contribution in [-0.4, -0.2) is 5.78 Å². The second-order valence-corrected chi connectivity index (χ2v) is 4.12. The maximum Gasteiger partial charge on any atom is 0.160 e. The van der Waals surface area contributed by atoms with Crippen molar-refractivity contribution in [3.05, 3.63) is 47.5 Å². The summed E-state index contributed by atoms with van der Waals surface area (Å²) in [6.07, 6.45) is 2.20. The molecular formula is C15H16O. The van der Waals surface area contributed by atoms with Crippen molar-refractivity contribution < 1.29 is 4.79 Å². The van der Waals surface area contributed by atoms with Crippen LogP contribution in [0.2, 0.25) is 0 Å². The third-order valence-electron chi connectivity index (χ3n) is 2.91. The minimum Gasteiger partial charge on any atom is -0.294 e. The summed E-state index contributed by atoms with van der Waals surface area (Å²) in [4.78, 5) is 11.5. The summed E-state index contributed by atoms with van der Waals surface area (Å²) in [5, 5.41) is 2.30. The SMILES string of the molecule is CCCc1cccc2c(C(C)=O)cccc12. The number of Topliss-reactive ketones (excluding diaryl/α,β-unsaturated/α-hetero) is 1. The van der Waals surface area contributed by atoms with Gasteiger partial charge in [0, 0.05) is 5.56 Å². The molecule has 0 aliphatic rings. The molecule has 0 radical (unpaired) electrons. The van der Waals surface area contributed by atoms with Crippen LogP contribution < -0.4 is 0 Å². The molecule has 0 N–H and O–H groups in total. The number of benzene rings is 2. The Bertz CT molecular complexity index is 526. The third-order valence-corrected chi connectivity index (χ3v) is 2.91. The Morgan fingerprint density at radius 3 is 2.44 bits per heavy atom. The van der Waals surface area contributed by atoms with Crippen LogP contribution in [0.1, 0.15) is 36.2 Å². The van der Waals surface area contributed by atoms with Gasteiger partial charge in [-0.3, -0.25) is 4.79 Å². The van der Waals surface area contributed by atoms with Crippen LogP contribution in [0, 0.1) is 0 Å². The Hall–Kier alpha value is -1.63. The quantitative estimate of drug-likeness (QED) is 0.703. The molecule has 0 unspecified atom stereocenters. The van der Waals surface area contributed by atoms with Crippen molar-refractivity contribution in [1.82, 2.24) is 0 Å². The second-order valence-electron chi connectivity index (χ2n) is 4.12. The van der Waals surface area contributed by atoms with E-state index in [0.717, 1.165) is 23.8 Å². The highest BCUT2D eigenvalue weighted by Crippen LogP contribution is 2.23. The van der Waals surface area contributed by atoms with E-state index in [1.807, 2.05) is 24.3 Å². The molecule has 2 rings (SSSR count). The van der Waals surface area contributed by atoms with Crippen molar-refractivity contribution in [3.8, 4) is 0 Å². The Labute approximate surface area is 96.1 Å². The van der Waals surface area contributed by atoms with E-state index in [9.17, 15) is 4.79 Å². The zero-order valence-electron chi connectivity index (χ0n) is 9.79. The topological polar surface area (TPSA) is 17.1 Å². The molecule has 0 aliphatic carbocycles. The van der Waals surface area contributed by atoms with Gasteiger partial charge in [0.15, 0.2) is 5.78 Å². The van der Waals surface area contributed by atoms with Gasteiger partial charge in [-0.1, -0.05) is 49.7 Å². The van der Waals surface area contributed by atoms with E-state index in [1.165, 1.54) is 10.9 Å². The van der Waals surface area contributed by atoms with Crippen LogP contribution in [-0.2, 0) is 6.42 Å². The minimum absolute atomic E-state index is 0.138. The molecule has 16 heavy (non-hydrogen) atoms. The molecule has 0 fully saturated rings. The first kappa shape index (κ1) is 10.9. The van der Waals surface area contributed by atoms with Gasteiger partial charge in [-0.15, -0.1) is 0 Å². The predicted octanol–water partition coefficient (Wildman–Crippen LogP) is 3.99. The van der Waals surface area contributed by atoms with Crippen molar-refractivity contribution in [1.29, 1.82) is 0 Å². The molecule has 2 aromatic carbocycles. The van der Waals surface area contributed by atoms with Gasteiger partial charge >= 0.3 is 0 Å². The highest BCUT2D eigenvalue weighted by atomic mass is 16.1. The summed E-state index contributed by atoms with van der Waals surface area (Å²) in [5.74, 6) is 0.138. The number of aryl methyl sites for hydroxylation is 1. The first-order chi connectivity index (χ1) is 7.74. The molecule has 2 aromatic rings. The largest absolute Gasteiger partial charge is 0.294 e. The summed E-state index contributed by atoms with van der Waals surface area (Å²) >= 11 is 0. The molecule has 0 heterocycles. The Morgan fingerprint density at radius 2 is 1.75 bits per heavy atom. The average molecular weight is 212 g/mol. The number of carbonyl (C=O) groups is 1. The number of hydrogen-bond donors (Lipinski definition) is 0.